The van der Waals surface area contributed by atoms with Crippen LogP contribution in [0.25, 0.3) is 0 Å². The van der Waals surface area contributed by atoms with Gasteiger partial charge < -0.3 is 10.2 Å². The Hall–Kier alpha value is -0.450. The van der Waals surface area contributed by atoms with Crippen LogP contribution in [-0.4, -0.2) is 51.7 Å². The number of piperidine rings is 2. The lowest BCUT2D eigenvalue weighted by Gasteiger charge is -2.59. The molecule has 2 aliphatic heterocycles. The molecule has 0 aromatic rings. The second-order valence-electron chi connectivity index (χ2n) is 13.2. The summed E-state index contributed by atoms with van der Waals surface area (Å²) in [5.74, 6) is 4.82. The first-order valence-electron chi connectivity index (χ1n) is 13.4. The SMILES string of the molecule is C[C@H]1CC[C@@H]2N(CC3C(CC[C@H]4[C@@H]5CC(=O)C6CC(O)CC[C@]6(C)[C@H]5C[C@@H]34)[C@]2(C)O)C1. The Bertz CT molecular complexity index is 751. The third kappa shape index (κ3) is 2.93. The summed E-state index contributed by atoms with van der Waals surface area (Å²) >= 11 is 0. The van der Waals surface area contributed by atoms with Crippen molar-refractivity contribution in [3.8, 4) is 0 Å². The summed E-state index contributed by atoms with van der Waals surface area (Å²) in [4.78, 5) is 15.9. The molecule has 0 aromatic carbocycles. The van der Waals surface area contributed by atoms with E-state index in [4.69, 9.17) is 0 Å². The third-order valence-electron chi connectivity index (χ3n) is 11.8. The Morgan fingerprint density at radius 3 is 2.52 bits per heavy atom. The minimum atomic E-state index is -0.570. The second kappa shape index (κ2) is 7.03. The van der Waals surface area contributed by atoms with Crippen molar-refractivity contribution in [2.45, 2.75) is 96.3 Å². The van der Waals surface area contributed by atoms with Gasteiger partial charge in [-0.2, -0.15) is 0 Å². The lowest BCUT2D eigenvalue weighted by Crippen LogP contribution is -2.67. The molecule has 2 heterocycles. The van der Waals surface area contributed by atoms with E-state index in [-0.39, 0.29) is 17.4 Å². The summed E-state index contributed by atoms with van der Waals surface area (Å²) in [6, 6.07) is 0.341. The van der Waals surface area contributed by atoms with Gasteiger partial charge in [0, 0.05) is 31.5 Å². The van der Waals surface area contributed by atoms with Gasteiger partial charge in [-0.1, -0.05) is 13.8 Å². The van der Waals surface area contributed by atoms with Crippen LogP contribution in [0.15, 0.2) is 0 Å². The molecule has 2 N–H and O–H groups in total. The van der Waals surface area contributed by atoms with E-state index in [9.17, 15) is 15.0 Å². The van der Waals surface area contributed by atoms with Crippen molar-refractivity contribution < 1.29 is 15.0 Å². The molecule has 4 heteroatoms. The summed E-state index contributed by atoms with van der Waals surface area (Å²) < 4.78 is 0. The molecule has 6 rings (SSSR count). The largest absolute Gasteiger partial charge is 0.393 e. The predicted molar refractivity (Wildman–Crippen MR) is 120 cm³/mol. The number of rotatable bonds is 0. The summed E-state index contributed by atoms with van der Waals surface area (Å²) in [7, 11) is 0. The van der Waals surface area contributed by atoms with E-state index in [1.54, 1.807) is 0 Å². The zero-order chi connectivity index (χ0) is 21.7. The van der Waals surface area contributed by atoms with Gasteiger partial charge in [0.25, 0.3) is 0 Å². The first-order valence-corrected chi connectivity index (χ1v) is 13.4. The van der Waals surface area contributed by atoms with Gasteiger partial charge in [0.15, 0.2) is 0 Å². The fraction of sp³-hybridized carbons (Fsp3) is 0.963. The van der Waals surface area contributed by atoms with E-state index in [0.717, 1.165) is 44.6 Å². The van der Waals surface area contributed by atoms with Crippen molar-refractivity contribution in [1.29, 1.82) is 0 Å². The smallest absolute Gasteiger partial charge is 0.136 e. The summed E-state index contributed by atoms with van der Waals surface area (Å²) in [5, 5.41) is 22.1. The molecule has 4 nitrogen and oxygen atoms in total. The number of aliphatic hydroxyl groups is 2. The van der Waals surface area contributed by atoms with Crippen LogP contribution in [0, 0.1) is 52.8 Å². The van der Waals surface area contributed by atoms with Crippen LogP contribution in [0.4, 0.5) is 0 Å². The Morgan fingerprint density at radius 1 is 0.903 bits per heavy atom. The van der Waals surface area contributed by atoms with Crippen LogP contribution >= 0.6 is 0 Å². The maximum Gasteiger partial charge on any atom is 0.136 e. The van der Waals surface area contributed by atoms with Crippen LogP contribution in [-0.2, 0) is 4.79 Å². The van der Waals surface area contributed by atoms with Crippen LogP contribution < -0.4 is 0 Å². The van der Waals surface area contributed by atoms with Crippen LogP contribution in [0.1, 0.15) is 78.6 Å². The second-order valence-corrected chi connectivity index (χ2v) is 13.2. The number of fused-ring (bicyclic) bond motifs is 8. The van der Waals surface area contributed by atoms with Gasteiger partial charge in [-0.05, 0) is 105 Å². The molecule has 174 valence electrons. The maximum atomic E-state index is 13.2. The monoisotopic (exact) mass is 429 g/mol. The number of aliphatic hydroxyl groups excluding tert-OH is 1. The maximum absolute atomic E-state index is 13.2. The van der Waals surface area contributed by atoms with E-state index in [2.05, 4.69) is 25.7 Å². The first-order chi connectivity index (χ1) is 14.7. The number of hydrogen-bond acceptors (Lipinski definition) is 4. The molecular weight excluding hydrogens is 386 g/mol. The Kier molecular flexibility index (Phi) is 4.78. The average molecular weight is 430 g/mol. The number of hydrogen-bond donors (Lipinski definition) is 2. The highest BCUT2D eigenvalue weighted by molar-refractivity contribution is 5.83. The molecular formula is C27H43NO3. The zero-order valence-corrected chi connectivity index (χ0v) is 19.8. The van der Waals surface area contributed by atoms with E-state index in [1.165, 1.54) is 25.8 Å². The van der Waals surface area contributed by atoms with Gasteiger partial charge >= 0.3 is 0 Å². The summed E-state index contributed by atoms with van der Waals surface area (Å²) in [6.07, 6.45) is 9.08. The van der Waals surface area contributed by atoms with Gasteiger partial charge in [-0.15, -0.1) is 0 Å². The highest BCUT2D eigenvalue weighted by Gasteiger charge is 2.64. The number of carbonyl (C=O) groups excluding carboxylic acids is 1. The third-order valence-corrected chi connectivity index (χ3v) is 11.8. The lowest BCUT2D eigenvalue weighted by atomic mass is 9.51. The van der Waals surface area contributed by atoms with E-state index in [1.807, 2.05) is 0 Å². The summed E-state index contributed by atoms with van der Waals surface area (Å²) in [5.41, 5.74) is -0.482. The lowest BCUT2D eigenvalue weighted by molar-refractivity contribution is -0.175. The minimum Gasteiger partial charge on any atom is -0.393 e. The standard InChI is InChI=1S/C27H43NO3/c1-15-4-7-25-27(3,31)21-6-5-17-18(20(21)14-28(25)13-15)11-22-19(17)12-24(30)23-10-16(29)8-9-26(22,23)2/h15-23,25,29,31H,4-14H2,1-3H3/t15-,16?,17+,18+,19-,20?,21?,22-,23?,25-,26+,27-/m0/s1. The Balaban J connectivity index is 1.31. The number of carbonyl (C=O) groups is 1. The van der Waals surface area contributed by atoms with Crippen molar-refractivity contribution in [1.82, 2.24) is 4.90 Å². The molecule has 0 spiro atoms. The minimum absolute atomic E-state index is 0.0789. The number of ketones is 1. The predicted octanol–water partition coefficient (Wildman–Crippen LogP) is 3.89. The topological polar surface area (TPSA) is 60.8 Å². The number of nitrogens with zero attached hydrogens (tertiary/aromatic N) is 1. The molecule has 6 aliphatic rings. The Morgan fingerprint density at radius 2 is 1.71 bits per heavy atom. The van der Waals surface area contributed by atoms with Crippen molar-refractivity contribution in [3.63, 3.8) is 0 Å². The molecule has 12 atom stereocenters. The average Bonchev–Trinajstić information content (AvgIpc) is 3.09. The molecule has 0 amide bonds. The Labute approximate surface area is 188 Å². The fourth-order valence-corrected chi connectivity index (χ4v) is 10.4. The van der Waals surface area contributed by atoms with Crippen molar-refractivity contribution in [3.05, 3.63) is 0 Å². The molecule has 0 radical (unpaired) electrons. The molecule has 4 saturated carbocycles. The molecule has 31 heavy (non-hydrogen) atoms. The van der Waals surface area contributed by atoms with Crippen LogP contribution in [0.3, 0.4) is 0 Å². The fourth-order valence-electron chi connectivity index (χ4n) is 10.4. The normalized spacial score (nSPS) is 59.2. The van der Waals surface area contributed by atoms with Gasteiger partial charge in [-0.25, -0.2) is 0 Å². The van der Waals surface area contributed by atoms with E-state index < -0.39 is 5.60 Å². The molecule has 6 fully saturated rings. The molecule has 4 aliphatic carbocycles. The first kappa shape index (κ1) is 21.1. The molecule has 0 aromatic heterocycles. The van der Waals surface area contributed by atoms with Crippen molar-refractivity contribution >= 4 is 5.78 Å². The van der Waals surface area contributed by atoms with Gasteiger partial charge in [0.1, 0.15) is 5.78 Å². The van der Waals surface area contributed by atoms with Gasteiger partial charge in [0.2, 0.25) is 0 Å². The molecule has 4 unspecified atom stereocenters. The quantitative estimate of drug-likeness (QED) is 0.613. The van der Waals surface area contributed by atoms with Crippen LogP contribution in [0.2, 0.25) is 0 Å². The zero-order valence-electron chi connectivity index (χ0n) is 19.8. The molecule has 2 saturated heterocycles. The van der Waals surface area contributed by atoms with Crippen LogP contribution in [0.5, 0.6) is 0 Å². The van der Waals surface area contributed by atoms with Crippen molar-refractivity contribution in [2.75, 3.05) is 13.1 Å². The number of Topliss-reactive ketones (excluding diaryl/α,β-unsaturated/α-hetero) is 1. The highest BCUT2D eigenvalue weighted by atomic mass is 16.3. The van der Waals surface area contributed by atoms with E-state index >= 15 is 0 Å². The van der Waals surface area contributed by atoms with Crippen molar-refractivity contribution in [2.24, 2.45) is 52.8 Å². The highest BCUT2D eigenvalue weighted by Crippen LogP contribution is 2.66. The van der Waals surface area contributed by atoms with E-state index in [0.29, 0.717) is 53.8 Å². The molecule has 0 bridgehead atoms. The van der Waals surface area contributed by atoms with Gasteiger partial charge in [0.05, 0.1) is 11.7 Å². The summed E-state index contributed by atoms with van der Waals surface area (Å²) in [6.45, 7) is 9.23. The van der Waals surface area contributed by atoms with Gasteiger partial charge in [-0.3, -0.25) is 9.69 Å².